The molecule has 0 aliphatic rings. The van der Waals surface area contributed by atoms with Crippen LogP contribution in [-0.2, 0) is 6.54 Å². The zero-order chi connectivity index (χ0) is 14.7. The molecule has 3 rings (SSSR count). The highest BCUT2D eigenvalue weighted by atomic mass is 79.9. The van der Waals surface area contributed by atoms with Gasteiger partial charge in [0.15, 0.2) is 0 Å². The molecule has 0 bridgehead atoms. The Morgan fingerprint density at radius 2 is 2.10 bits per heavy atom. The Kier molecular flexibility index (Phi) is 4.31. The van der Waals surface area contributed by atoms with Crippen molar-refractivity contribution in [3.63, 3.8) is 0 Å². The average molecular weight is 363 g/mol. The summed E-state index contributed by atoms with van der Waals surface area (Å²) in [5.74, 6) is -0.245. The third-order valence-electron chi connectivity index (χ3n) is 3.02. The maximum atomic E-state index is 13.5. The molecule has 0 aliphatic carbocycles. The van der Waals surface area contributed by atoms with E-state index in [1.165, 1.54) is 6.07 Å². The van der Waals surface area contributed by atoms with Crippen molar-refractivity contribution >= 4 is 33.0 Å². The number of halogens is 2. The summed E-state index contributed by atoms with van der Waals surface area (Å²) in [6.45, 7) is 0.575. The average Bonchev–Trinajstić information content (AvgIpc) is 3.03. The van der Waals surface area contributed by atoms with E-state index in [1.54, 1.807) is 23.6 Å². The van der Waals surface area contributed by atoms with Crippen molar-refractivity contribution in [2.24, 2.45) is 0 Å². The Morgan fingerprint density at radius 3 is 2.86 bits per heavy atom. The van der Waals surface area contributed by atoms with Crippen LogP contribution in [0.2, 0.25) is 0 Å². The van der Waals surface area contributed by atoms with E-state index in [9.17, 15) is 4.39 Å². The molecular weight excluding hydrogens is 351 g/mol. The van der Waals surface area contributed by atoms with Crippen LogP contribution in [-0.4, -0.2) is 4.98 Å². The van der Waals surface area contributed by atoms with Gasteiger partial charge in [-0.15, -0.1) is 11.3 Å². The molecule has 0 spiro atoms. The number of rotatable bonds is 4. The molecular formula is C16H12BrFN2S. The minimum atomic E-state index is -0.245. The molecule has 0 saturated heterocycles. The Labute approximate surface area is 134 Å². The number of hydrogen-bond acceptors (Lipinski definition) is 3. The Bertz CT molecular complexity index is 744. The standard InChI is InChI=1S/C16H12BrFN2S/c17-14-5-4-11(8-15(14)18)10-20-13-3-1-2-12(9-13)16-19-6-7-21-16/h1-9,20H,10H2. The molecule has 106 valence electrons. The van der Waals surface area contributed by atoms with Crippen LogP contribution in [0.15, 0.2) is 58.5 Å². The van der Waals surface area contributed by atoms with Crippen LogP contribution in [0.25, 0.3) is 10.6 Å². The van der Waals surface area contributed by atoms with Gasteiger partial charge in [-0.3, -0.25) is 0 Å². The number of aromatic nitrogens is 1. The zero-order valence-corrected chi connectivity index (χ0v) is 13.4. The van der Waals surface area contributed by atoms with E-state index in [-0.39, 0.29) is 5.82 Å². The molecule has 1 N–H and O–H groups in total. The molecule has 0 fully saturated rings. The molecule has 1 aromatic heterocycles. The maximum absolute atomic E-state index is 13.5. The summed E-state index contributed by atoms with van der Waals surface area (Å²) < 4.78 is 14.0. The van der Waals surface area contributed by atoms with Gasteiger partial charge < -0.3 is 5.32 Å². The predicted molar refractivity (Wildman–Crippen MR) is 89.0 cm³/mol. The van der Waals surface area contributed by atoms with Gasteiger partial charge >= 0.3 is 0 Å². The number of benzene rings is 2. The summed E-state index contributed by atoms with van der Waals surface area (Å²) in [6, 6.07) is 13.2. The van der Waals surface area contributed by atoms with Gasteiger partial charge in [0.1, 0.15) is 10.8 Å². The largest absolute Gasteiger partial charge is 0.381 e. The molecule has 0 unspecified atom stereocenters. The molecule has 0 saturated carbocycles. The van der Waals surface area contributed by atoms with Crippen molar-refractivity contribution in [3.05, 3.63) is 69.9 Å². The van der Waals surface area contributed by atoms with Crippen LogP contribution in [0, 0.1) is 5.82 Å². The lowest BCUT2D eigenvalue weighted by Gasteiger charge is -2.08. The number of anilines is 1. The number of nitrogens with one attached hydrogen (secondary N) is 1. The molecule has 2 aromatic carbocycles. The quantitative estimate of drug-likeness (QED) is 0.678. The molecule has 5 heteroatoms. The Balaban J connectivity index is 1.73. The topological polar surface area (TPSA) is 24.9 Å². The van der Waals surface area contributed by atoms with Gasteiger partial charge in [0, 0.05) is 29.4 Å². The highest BCUT2D eigenvalue weighted by Crippen LogP contribution is 2.25. The number of thiazole rings is 1. The van der Waals surface area contributed by atoms with Crippen LogP contribution >= 0.6 is 27.3 Å². The molecule has 0 aliphatic heterocycles. The number of hydrogen-bond donors (Lipinski definition) is 1. The van der Waals surface area contributed by atoms with Crippen LogP contribution in [0.1, 0.15) is 5.56 Å². The molecule has 1 heterocycles. The highest BCUT2D eigenvalue weighted by molar-refractivity contribution is 9.10. The van der Waals surface area contributed by atoms with Crippen molar-refractivity contribution in [1.29, 1.82) is 0 Å². The van der Waals surface area contributed by atoms with E-state index in [0.29, 0.717) is 11.0 Å². The summed E-state index contributed by atoms with van der Waals surface area (Å²) >= 11 is 4.76. The fourth-order valence-electron chi connectivity index (χ4n) is 1.98. The van der Waals surface area contributed by atoms with E-state index in [0.717, 1.165) is 21.8 Å². The van der Waals surface area contributed by atoms with E-state index in [1.807, 2.05) is 35.7 Å². The van der Waals surface area contributed by atoms with E-state index in [2.05, 4.69) is 26.2 Å². The van der Waals surface area contributed by atoms with Gasteiger partial charge in [0.05, 0.1) is 4.47 Å². The van der Waals surface area contributed by atoms with Gasteiger partial charge in [-0.2, -0.15) is 0 Å². The molecule has 0 radical (unpaired) electrons. The summed E-state index contributed by atoms with van der Waals surface area (Å²) in [6.07, 6.45) is 1.80. The molecule has 0 atom stereocenters. The monoisotopic (exact) mass is 362 g/mol. The summed E-state index contributed by atoms with van der Waals surface area (Å²) in [7, 11) is 0. The van der Waals surface area contributed by atoms with Crippen molar-refractivity contribution in [1.82, 2.24) is 4.98 Å². The first kappa shape index (κ1) is 14.2. The van der Waals surface area contributed by atoms with E-state index >= 15 is 0 Å². The molecule has 2 nitrogen and oxygen atoms in total. The van der Waals surface area contributed by atoms with Crippen LogP contribution in [0.3, 0.4) is 0 Å². The van der Waals surface area contributed by atoms with Crippen molar-refractivity contribution < 1.29 is 4.39 Å². The second-order valence-electron chi connectivity index (χ2n) is 4.52. The molecule has 0 amide bonds. The van der Waals surface area contributed by atoms with Crippen molar-refractivity contribution in [2.75, 3.05) is 5.32 Å². The second-order valence-corrected chi connectivity index (χ2v) is 6.27. The third kappa shape index (κ3) is 3.49. The molecule has 21 heavy (non-hydrogen) atoms. The summed E-state index contributed by atoms with van der Waals surface area (Å²) in [5, 5.41) is 6.26. The SMILES string of the molecule is Fc1cc(CNc2cccc(-c3nccs3)c2)ccc1Br. The van der Waals surface area contributed by atoms with Crippen molar-refractivity contribution in [2.45, 2.75) is 6.54 Å². The molecule has 3 aromatic rings. The maximum Gasteiger partial charge on any atom is 0.137 e. The first-order valence-electron chi connectivity index (χ1n) is 6.40. The van der Waals surface area contributed by atoms with Gasteiger partial charge in [0.2, 0.25) is 0 Å². The lowest BCUT2D eigenvalue weighted by atomic mass is 10.2. The van der Waals surface area contributed by atoms with Gasteiger partial charge in [0.25, 0.3) is 0 Å². The number of nitrogens with zero attached hydrogens (tertiary/aromatic N) is 1. The van der Waals surface area contributed by atoms with E-state index in [4.69, 9.17) is 0 Å². The predicted octanol–water partition coefficient (Wildman–Crippen LogP) is 5.32. The summed E-state index contributed by atoms with van der Waals surface area (Å²) in [4.78, 5) is 4.30. The fraction of sp³-hybridized carbons (Fsp3) is 0.0625. The summed E-state index contributed by atoms with van der Waals surface area (Å²) in [5.41, 5.74) is 2.97. The highest BCUT2D eigenvalue weighted by Gasteiger charge is 2.03. The van der Waals surface area contributed by atoms with Crippen LogP contribution in [0.4, 0.5) is 10.1 Å². The van der Waals surface area contributed by atoms with Crippen LogP contribution < -0.4 is 5.32 Å². The van der Waals surface area contributed by atoms with Crippen molar-refractivity contribution in [3.8, 4) is 10.6 Å². The van der Waals surface area contributed by atoms with Gasteiger partial charge in [-0.1, -0.05) is 18.2 Å². The van der Waals surface area contributed by atoms with Gasteiger partial charge in [-0.25, -0.2) is 9.37 Å². The lowest BCUT2D eigenvalue weighted by Crippen LogP contribution is -2.00. The van der Waals surface area contributed by atoms with E-state index < -0.39 is 0 Å². The third-order valence-corrected chi connectivity index (χ3v) is 4.49. The zero-order valence-electron chi connectivity index (χ0n) is 11.0. The minimum Gasteiger partial charge on any atom is -0.381 e. The lowest BCUT2D eigenvalue weighted by molar-refractivity contribution is 0.619. The Morgan fingerprint density at radius 1 is 1.19 bits per heavy atom. The van der Waals surface area contributed by atoms with Crippen LogP contribution in [0.5, 0.6) is 0 Å². The smallest absolute Gasteiger partial charge is 0.137 e. The first-order chi connectivity index (χ1) is 10.2. The van der Waals surface area contributed by atoms with Gasteiger partial charge in [-0.05, 0) is 45.8 Å². The normalized spacial score (nSPS) is 10.6. The first-order valence-corrected chi connectivity index (χ1v) is 8.07. The minimum absolute atomic E-state index is 0.245. The second kappa shape index (κ2) is 6.37. The fourth-order valence-corrected chi connectivity index (χ4v) is 2.86. The Hall–Kier alpha value is -1.72.